The van der Waals surface area contributed by atoms with Crippen molar-refractivity contribution in [3.8, 4) is 0 Å². The van der Waals surface area contributed by atoms with Crippen molar-refractivity contribution in [2.75, 3.05) is 39.6 Å². The van der Waals surface area contributed by atoms with Crippen molar-refractivity contribution in [3.05, 3.63) is 35.4 Å². The van der Waals surface area contributed by atoms with E-state index in [0.29, 0.717) is 39.6 Å². The first-order chi connectivity index (χ1) is 14.5. The van der Waals surface area contributed by atoms with Crippen LogP contribution in [0.2, 0.25) is 6.04 Å². The van der Waals surface area contributed by atoms with Crippen molar-refractivity contribution in [3.63, 3.8) is 0 Å². The number of benzene rings is 1. The lowest BCUT2D eigenvalue weighted by Gasteiger charge is -2.34. The number of hydrogen-bond acceptors (Lipinski definition) is 6. The van der Waals surface area contributed by atoms with Crippen LogP contribution in [0.5, 0.6) is 0 Å². The van der Waals surface area contributed by atoms with Crippen LogP contribution in [0.1, 0.15) is 65.1 Å². The SMILES string of the molecule is CCO[Si](CCc1ccccc1C(C)[Si](OCC)(OCC)OCC)(OCC)OCC. The molecular weight excluding hydrogens is 416 g/mol. The van der Waals surface area contributed by atoms with Gasteiger partial charge in [0.1, 0.15) is 0 Å². The predicted octanol–water partition coefficient (Wildman–Crippen LogP) is 4.97. The molecule has 0 N–H and O–H groups in total. The van der Waals surface area contributed by atoms with Gasteiger partial charge in [0.05, 0.1) is 5.54 Å². The van der Waals surface area contributed by atoms with Gasteiger partial charge < -0.3 is 26.6 Å². The average Bonchev–Trinajstić information content (AvgIpc) is 2.73. The zero-order valence-corrected chi connectivity index (χ0v) is 22.0. The van der Waals surface area contributed by atoms with Gasteiger partial charge in [0, 0.05) is 45.7 Å². The quantitative estimate of drug-likeness (QED) is 0.307. The third-order valence-corrected chi connectivity index (χ3v) is 11.4. The second-order valence-corrected chi connectivity index (χ2v) is 12.5. The predicted molar refractivity (Wildman–Crippen MR) is 125 cm³/mol. The van der Waals surface area contributed by atoms with Crippen LogP contribution in [0.3, 0.4) is 0 Å². The molecule has 1 aromatic rings. The molecule has 1 unspecified atom stereocenters. The highest BCUT2D eigenvalue weighted by Gasteiger charge is 2.48. The molecule has 0 spiro atoms. The summed E-state index contributed by atoms with van der Waals surface area (Å²) in [6.07, 6.45) is 0.807. The van der Waals surface area contributed by atoms with Crippen LogP contribution in [0.15, 0.2) is 24.3 Å². The lowest BCUT2D eigenvalue weighted by Crippen LogP contribution is -2.51. The fraction of sp³-hybridized carbons (Fsp3) is 0.727. The number of aryl methyl sites for hydroxylation is 1. The molecule has 0 fully saturated rings. The van der Waals surface area contributed by atoms with Crippen molar-refractivity contribution in [2.45, 2.75) is 66.5 Å². The molecule has 30 heavy (non-hydrogen) atoms. The van der Waals surface area contributed by atoms with E-state index in [-0.39, 0.29) is 5.54 Å². The minimum atomic E-state index is -2.87. The van der Waals surface area contributed by atoms with E-state index in [0.717, 1.165) is 12.5 Å². The molecule has 0 bridgehead atoms. The van der Waals surface area contributed by atoms with Crippen LogP contribution in [-0.4, -0.2) is 57.3 Å². The third kappa shape index (κ3) is 7.53. The van der Waals surface area contributed by atoms with Crippen molar-refractivity contribution >= 4 is 17.6 Å². The van der Waals surface area contributed by atoms with Crippen LogP contribution in [0.4, 0.5) is 0 Å². The highest BCUT2D eigenvalue weighted by atomic mass is 28.4. The summed E-state index contributed by atoms with van der Waals surface area (Å²) < 4.78 is 36.6. The second-order valence-electron chi connectivity index (χ2n) is 6.81. The van der Waals surface area contributed by atoms with Crippen LogP contribution in [-0.2, 0) is 33.0 Å². The van der Waals surface area contributed by atoms with Crippen LogP contribution >= 0.6 is 0 Å². The number of rotatable bonds is 17. The van der Waals surface area contributed by atoms with Crippen molar-refractivity contribution in [1.82, 2.24) is 0 Å². The minimum absolute atomic E-state index is 0.0240. The van der Waals surface area contributed by atoms with E-state index >= 15 is 0 Å². The Bertz CT molecular complexity index is 552. The van der Waals surface area contributed by atoms with Crippen molar-refractivity contribution in [2.24, 2.45) is 0 Å². The molecule has 0 heterocycles. The monoisotopic (exact) mass is 458 g/mol. The topological polar surface area (TPSA) is 55.4 Å². The summed E-state index contributed by atoms with van der Waals surface area (Å²) in [5.74, 6) is 0. The highest BCUT2D eigenvalue weighted by molar-refractivity contribution is 6.62. The molecule has 0 aliphatic heterocycles. The first kappa shape index (κ1) is 27.4. The van der Waals surface area contributed by atoms with E-state index in [1.807, 2.05) is 41.5 Å². The Morgan fingerprint density at radius 2 is 1.10 bits per heavy atom. The van der Waals surface area contributed by atoms with Gasteiger partial charge in [0.2, 0.25) is 0 Å². The van der Waals surface area contributed by atoms with Gasteiger partial charge in [-0.1, -0.05) is 31.2 Å². The molecule has 0 saturated heterocycles. The lowest BCUT2D eigenvalue weighted by molar-refractivity contribution is 0.0633. The molecular formula is C22H42O6Si2. The van der Waals surface area contributed by atoms with Gasteiger partial charge in [-0.2, -0.15) is 0 Å². The Morgan fingerprint density at radius 1 is 0.667 bits per heavy atom. The molecule has 1 rings (SSSR count). The van der Waals surface area contributed by atoms with Crippen LogP contribution in [0, 0.1) is 0 Å². The molecule has 0 amide bonds. The fourth-order valence-corrected chi connectivity index (χ4v) is 9.21. The zero-order chi connectivity index (χ0) is 22.5. The van der Waals surface area contributed by atoms with Gasteiger partial charge in [-0.05, 0) is 59.1 Å². The van der Waals surface area contributed by atoms with Gasteiger partial charge in [-0.15, -0.1) is 0 Å². The zero-order valence-electron chi connectivity index (χ0n) is 20.0. The Kier molecular flexibility index (Phi) is 13.2. The lowest BCUT2D eigenvalue weighted by atomic mass is 10.0. The summed E-state index contributed by atoms with van der Waals surface area (Å²) in [6.45, 7) is 17.5. The smallest absolute Gasteiger partial charge is 0.374 e. The van der Waals surface area contributed by atoms with Crippen molar-refractivity contribution in [1.29, 1.82) is 0 Å². The molecule has 0 saturated carbocycles. The molecule has 0 radical (unpaired) electrons. The van der Waals surface area contributed by atoms with Gasteiger partial charge in [-0.3, -0.25) is 0 Å². The largest absolute Gasteiger partial charge is 0.508 e. The van der Waals surface area contributed by atoms with E-state index in [9.17, 15) is 0 Å². The maximum atomic E-state index is 6.17. The molecule has 0 aliphatic rings. The number of hydrogen-bond donors (Lipinski definition) is 0. The molecule has 6 nitrogen and oxygen atoms in total. The van der Waals surface area contributed by atoms with Gasteiger partial charge in [0.15, 0.2) is 0 Å². The third-order valence-electron chi connectivity index (χ3n) is 4.88. The summed E-state index contributed by atoms with van der Waals surface area (Å²) in [6, 6.07) is 9.19. The van der Waals surface area contributed by atoms with Crippen molar-refractivity contribution < 1.29 is 26.6 Å². The van der Waals surface area contributed by atoms with E-state index < -0.39 is 17.6 Å². The van der Waals surface area contributed by atoms with E-state index in [1.165, 1.54) is 11.1 Å². The van der Waals surface area contributed by atoms with Crippen LogP contribution in [0.25, 0.3) is 0 Å². The Morgan fingerprint density at radius 3 is 1.53 bits per heavy atom. The van der Waals surface area contributed by atoms with Gasteiger partial charge in [0.25, 0.3) is 0 Å². The molecule has 0 aromatic heterocycles. The summed E-state index contributed by atoms with van der Waals surface area (Å²) >= 11 is 0. The molecule has 1 aromatic carbocycles. The molecule has 1 atom stereocenters. The maximum Gasteiger partial charge on any atom is 0.508 e. The van der Waals surface area contributed by atoms with Gasteiger partial charge in [-0.25, -0.2) is 0 Å². The second kappa shape index (κ2) is 14.5. The van der Waals surface area contributed by atoms with Gasteiger partial charge >= 0.3 is 17.6 Å². The Hall–Kier alpha value is -0.586. The Labute approximate surface area is 185 Å². The summed E-state index contributed by atoms with van der Waals surface area (Å²) in [4.78, 5) is 0. The summed E-state index contributed by atoms with van der Waals surface area (Å²) in [5, 5.41) is 0. The molecule has 8 heteroatoms. The first-order valence-corrected chi connectivity index (χ1v) is 15.1. The van der Waals surface area contributed by atoms with E-state index in [2.05, 4.69) is 31.2 Å². The molecule has 174 valence electrons. The van der Waals surface area contributed by atoms with Crippen LogP contribution < -0.4 is 0 Å². The highest BCUT2D eigenvalue weighted by Crippen LogP contribution is 2.33. The maximum absolute atomic E-state index is 6.17. The van der Waals surface area contributed by atoms with E-state index in [1.54, 1.807) is 0 Å². The first-order valence-electron chi connectivity index (χ1n) is 11.4. The summed E-state index contributed by atoms with van der Waals surface area (Å²) in [5.41, 5.74) is 2.46. The van der Waals surface area contributed by atoms with E-state index in [4.69, 9.17) is 26.6 Å². The summed E-state index contributed by atoms with van der Waals surface area (Å²) in [7, 11) is -5.58. The average molecular weight is 459 g/mol. The standard InChI is InChI=1S/C22H42O6Si2/c1-8-23-29(24-9-2,25-10-3)19-18-21-16-14-15-17-22(21)20(7)30(26-11-4,27-12-5)28-13-6/h14-17,20H,8-13,18-19H2,1-7H3. The minimum Gasteiger partial charge on any atom is -0.374 e. The Balaban J connectivity index is 3.20. The fourth-order valence-electron chi connectivity index (χ4n) is 3.77. The normalized spacial score (nSPS) is 13.6. The molecule has 0 aliphatic carbocycles.